The van der Waals surface area contributed by atoms with Crippen molar-refractivity contribution in [1.29, 1.82) is 0 Å². The van der Waals surface area contributed by atoms with Crippen LogP contribution in [-0.2, 0) is 4.79 Å². The van der Waals surface area contributed by atoms with Gasteiger partial charge in [-0.2, -0.15) is 0 Å². The smallest absolute Gasteiger partial charge is 0.308 e. The summed E-state index contributed by atoms with van der Waals surface area (Å²) < 4.78 is 5.02. The summed E-state index contributed by atoms with van der Waals surface area (Å²) in [6.45, 7) is 1.37. The van der Waals surface area contributed by atoms with Crippen LogP contribution in [0.5, 0.6) is 5.75 Å². The monoisotopic (exact) mass is 245 g/mol. The van der Waals surface area contributed by atoms with Gasteiger partial charge in [0.1, 0.15) is 5.75 Å². The van der Waals surface area contributed by atoms with Gasteiger partial charge in [-0.05, 0) is 41.5 Å². The van der Waals surface area contributed by atoms with Crippen molar-refractivity contribution in [3.63, 3.8) is 0 Å². The van der Waals surface area contributed by atoms with Crippen LogP contribution in [0.25, 0.3) is 11.1 Å². The molecule has 2 rings (SSSR count). The van der Waals surface area contributed by atoms with E-state index >= 15 is 0 Å². The Labute approximate surface area is 105 Å². The predicted octanol–water partition coefficient (Wildman–Crippen LogP) is 3.73. The van der Waals surface area contributed by atoms with E-state index in [1.807, 2.05) is 18.2 Å². The summed E-state index contributed by atoms with van der Waals surface area (Å²) in [6, 6.07) is 15.7. The van der Waals surface area contributed by atoms with Crippen LogP contribution in [0.1, 0.15) is 6.92 Å². The number of halogens is 1. The van der Waals surface area contributed by atoms with E-state index in [9.17, 15) is 4.79 Å². The van der Waals surface area contributed by atoms with Crippen molar-refractivity contribution in [3.8, 4) is 16.9 Å². The van der Waals surface area contributed by atoms with E-state index in [1.54, 1.807) is 24.3 Å². The Bertz CT molecular complexity index is 549. The summed E-state index contributed by atoms with van der Waals surface area (Å²) in [5, 5.41) is 0.650. The fraction of sp³-hybridized carbons (Fsp3) is 0.0714. The number of carbonyl (C=O) groups is 1. The van der Waals surface area contributed by atoms with Gasteiger partial charge in [0, 0.05) is 11.9 Å². The van der Waals surface area contributed by atoms with E-state index in [4.69, 9.17) is 16.3 Å². The zero-order valence-corrected chi connectivity index (χ0v) is 9.99. The minimum Gasteiger partial charge on any atom is -0.427 e. The van der Waals surface area contributed by atoms with E-state index in [-0.39, 0.29) is 5.97 Å². The predicted molar refractivity (Wildman–Crippen MR) is 67.0 cm³/mol. The van der Waals surface area contributed by atoms with Gasteiger partial charge in [0.25, 0.3) is 0 Å². The molecule has 0 heterocycles. The molecule has 2 nitrogen and oxygen atoms in total. The van der Waals surface area contributed by atoms with Crippen LogP contribution in [0.4, 0.5) is 0 Å². The third-order valence-corrected chi connectivity index (χ3v) is 2.41. The van der Waals surface area contributed by atoms with Gasteiger partial charge in [0.2, 0.25) is 0 Å². The van der Waals surface area contributed by atoms with Crippen molar-refractivity contribution in [2.45, 2.75) is 6.92 Å². The molecule has 0 bridgehead atoms. The second kappa shape index (κ2) is 5.02. The van der Waals surface area contributed by atoms with Crippen LogP contribution < -0.4 is 4.74 Å². The molecule has 17 heavy (non-hydrogen) atoms. The first-order valence-electron chi connectivity index (χ1n) is 5.11. The molecule has 2 aromatic rings. The van der Waals surface area contributed by atoms with Gasteiger partial charge in [-0.3, -0.25) is 4.79 Å². The molecule has 0 aromatic heterocycles. The van der Waals surface area contributed by atoms with Gasteiger partial charge < -0.3 is 4.74 Å². The first-order chi connectivity index (χ1) is 8.15. The lowest BCUT2D eigenvalue weighted by atomic mass is 10.1. The van der Waals surface area contributed by atoms with E-state index in [0.717, 1.165) is 11.1 Å². The van der Waals surface area contributed by atoms with E-state index in [1.165, 1.54) is 6.92 Å². The first kappa shape index (κ1) is 11.7. The molecule has 0 saturated heterocycles. The first-order valence-corrected chi connectivity index (χ1v) is 5.49. The van der Waals surface area contributed by atoms with Crippen molar-refractivity contribution in [1.82, 2.24) is 0 Å². The lowest BCUT2D eigenvalue weighted by molar-refractivity contribution is -0.131. The molecule has 0 saturated carbocycles. The highest BCUT2D eigenvalue weighted by Crippen LogP contribution is 2.25. The molecule has 0 N–H and O–H groups in total. The minimum absolute atomic E-state index is 0.336. The van der Waals surface area contributed by atoms with Gasteiger partial charge in [-0.25, -0.2) is 0 Å². The Balaban J connectivity index is 2.36. The van der Waals surface area contributed by atoms with E-state index < -0.39 is 0 Å². The fourth-order valence-corrected chi connectivity index (χ4v) is 1.67. The summed E-state index contributed by atoms with van der Waals surface area (Å²) in [4.78, 5) is 10.9. The maximum absolute atomic E-state index is 10.9. The maximum Gasteiger partial charge on any atom is 0.308 e. The summed E-state index contributed by atoms with van der Waals surface area (Å²) in [5.74, 6) is 0.181. The molecule has 85 valence electrons. The number of ether oxygens (including phenoxy) is 1. The average Bonchev–Trinajstić information content (AvgIpc) is 2.28. The molecular formula is C14H10ClO2. The molecule has 0 unspecified atom stereocenters. The Kier molecular flexibility index (Phi) is 3.45. The van der Waals surface area contributed by atoms with Gasteiger partial charge in [0.05, 0.1) is 0 Å². The average molecular weight is 246 g/mol. The maximum atomic E-state index is 10.9. The number of rotatable bonds is 2. The molecule has 0 atom stereocenters. The van der Waals surface area contributed by atoms with Gasteiger partial charge in [-0.1, -0.05) is 29.8 Å². The van der Waals surface area contributed by atoms with Crippen molar-refractivity contribution >= 4 is 17.6 Å². The molecule has 0 aliphatic heterocycles. The van der Waals surface area contributed by atoms with Crippen LogP contribution in [0.3, 0.4) is 0 Å². The Morgan fingerprint density at radius 3 is 2.82 bits per heavy atom. The number of hydrogen-bond donors (Lipinski definition) is 0. The lowest BCUT2D eigenvalue weighted by Gasteiger charge is -2.05. The summed E-state index contributed by atoms with van der Waals surface area (Å²) in [6.07, 6.45) is 0. The Hall–Kier alpha value is -1.80. The minimum atomic E-state index is -0.336. The number of hydrogen-bond acceptors (Lipinski definition) is 2. The SMILES string of the molecule is CC(=O)Oc1cccc(-c2[c]ccc(Cl)c2)c1. The second-order valence-corrected chi connectivity index (χ2v) is 3.98. The number of esters is 1. The van der Waals surface area contributed by atoms with Crippen molar-refractivity contribution < 1.29 is 9.53 Å². The zero-order valence-electron chi connectivity index (χ0n) is 9.24. The lowest BCUT2D eigenvalue weighted by Crippen LogP contribution is -2.01. The quantitative estimate of drug-likeness (QED) is 0.595. The third-order valence-electron chi connectivity index (χ3n) is 2.17. The van der Waals surface area contributed by atoms with Crippen molar-refractivity contribution in [2.75, 3.05) is 0 Å². The highest BCUT2D eigenvalue weighted by molar-refractivity contribution is 6.30. The van der Waals surface area contributed by atoms with Crippen LogP contribution in [0, 0.1) is 6.07 Å². The number of benzene rings is 2. The molecule has 3 heteroatoms. The van der Waals surface area contributed by atoms with Crippen LogP contribution in [0.2, 0.25) is 5.02 Å². The fourth-order valence-electron chi connectivity index (χ4n) is 1.50. The zero-order chi connectivity index (χ0) is 12.3. The summed E-state index contributed by atoms with van der Waals surface area (Å²) >= 11 is 5.91. The van der Waals surface area contributed by atoms with Crippen LogP contribution >= 0.6 is 11.6 Å². The van der Waals surface area contributed by atoms with Gasteiger partial charge in [0.15, 0.2) is 0 Å². The van der Waals surface area contributed by atoms with E-state index in [0.29, 0.717) is 10.8 Å². The summed E-state index contributed by atoms with van der Waals surface area (Å²) in [5.41, 5.74) is 1.78. The Morgan fingerprint density at radius 2 is 2.12 bits per heavy atom. The molecule has 1 radical (unpaired) electrons. The highest BCUT2D eigenvalue weighted by Gasteiger charge is 2.02. The molecule has 0 aliphatic rings. The number of carbonyl (C=O) groups excluding carboxylic acids is 1. The molecule has 0 aliphatic carbocycles. The van der Waals surface area contributed by atoms with E-state index in [2.05, 4.69) is 6.07 Å². The summed E-state index contributed by atoms with van der Waals surface area (Å²) in [7, 11) is 0. The molecule has 0 amide bonds. The molecule has 0 fully saturated rings. The largest absolute Gasteiger partial charge is 0.427 e. The normalized spacial score (nSPS) is 10.0. The molecule has 2 aromatic carbocycles. The second-order valence-electron chi connectivity index (χ2n) is 3.54. The Morgan fingerprint density at radius 1 is 1.29 bits per heavy atom. The topological polar surface area (TPSA) is 26.3 Å². The van der Waals surface area contributed by atoms with Gasteiger partial charge in [-0.15, -0.1) is 0 Å². The highest BCUT2D eigenvalue weighted by atomic mass is 35.5. The van der Waals surface area contributed by atoms with Crippen LogP contribution in [0.15, 0.2) is 42.5 Å². The van der Waals surface area contributed by atoms with Gasteiger partial charge >= 0.3 is 5.97 Å². The molecule has 0 spiro atoms. The third kappa shape index (κ3) is 3.08. The standard InChI is InChI=1S/C14H10ClO2/c1-10(16)17-14-7-3-5-12(9-14)11-4-2-6-13(15)8-11/h2-3,5-9H,1H3. The van der Waals surface area contributed by atoms with Crippen molar-refractivity contribution in [2.24, 2.45) is 0 Å². The van der Waals surface area contributed by atoms with Crippen LogP contribution in [-0.4, -0.2) is 5.97 Å². The van der Waals surface area contributed by atoms with Crippen molar-refractivity contribution in [3.05, 3.63) is 53.6 Å². The molecular weight excluding hydrogens is 236 g/mol.